The molecule has 0 heterocycles. The maximum Gasteiger partial charge on any atom is 0.333 e. The Morgan fingerprint density at radius 3 is 3.00 bits per heavy atom. The Morgan fingerprint density at radius 2 is 2.50 bits per heavy atom. The topological polar surface area (TPSA) is 26.3 Å². The molecule has 2 bridgehead atoms. The van der Waals surface area contributed by atoms with Crippen LogP contribution in [-0.4, -0.2) is 12.6 Å². The lowest BCUT2D eigenvalue weighted by atomic mass is 9.99. The first-order valence-electron chi connectivity index (χ1n) is 4.70. The second kappa shape index (κ2) is 2.92. The van der Waals surface area contributed by atoms with Crippen LogP contribution in [0.4, 0.5) is 0 Å². The van der Waals surface area contributed by atoms with Crippen LogP contribution in [0.25, 0.3) is 0 Å². The lowest BCUT2D eigenvalue weighted by molar-refractivity contribution is -0.139. The Morgan fingerprint density at radius 1 is 1.67 bits per heavy atom. The van der Waals surface area contributed by atoms with Crippen molar-refractivity contribution in [1.82, 2.24) is 0 Å². The van der Waals surface area contributed by atoms with Crippen molar-refractivity contribution in [2.24, 2.45) is 11.8 Å². The summed E-state index contributed by atoms with van der Waals surface area (Å²) in [4.78, 5) is 11.3. The van der Waals surface area contributed by atoms with E-state index in [1.165, 1.54) is 19.3 Å². The van der Waals surface area contributed by atoms with Crippen LogP contribution in [0, 0.1) is 11.8 Å². The molecule has 0 aromatic heterocycles. The molecule has 1 fully saturated rings. The maximum atomic E-state index is 11.3. The van der Waals surface area contributed by atoms with Gasteiger partial charge in [-0.3, -0.25) is 0 Å². The molecule has 0 N–H and O–H groups in total. The van der Waals surface area contributed by atoms with Gasteiger partial charge in [0.15, 0.2) is 0 Å². The molecule has 1 saturated carbocycles. The third-order valence-corrected chi connectivity index (χ3v) is 2.84. The second-order valence-corrected chi connectivity index (χ2v) is 3.61. The van der Waals surface area contributed by atoms with Gasteiger partial charge in [0.2, 0.25) is 0 Å². The summed E-state index contributed by atoms with van der Waals surface area (Å²) in [7, 11) is 0. The summed E-state index contributed by atoms with van der Waals surface area (Å²) in [5, 5.41) is 0. The minimum atomic E-state index is -0.0790. The minimum absolute atomic E-state index is 0.0790. The van der Waals surface area contributed by atoms with E-state index < -0.39 is 0 Å². The molecule has 2 nitrogen and oxygen atoms in total. The molecule has 2 heteroatoms. The summed E-state index contributed by atoms with van der Waals surface area (Å²) in [6.07, 6.45) is 5.77. The SMILES string of the molecule is CCOC(=O)C1=CC2CCC1C2. The van der Waals surface area contributed by atoms with Crippen LogP contribution in [0.3, 0.4) is 0 Å². The van der Waals surface area contributed by atoms with E-state index in [1.54, 1.807) is 0 Å². The molecule has 12 heavy (non-hydrogen) atoms. The number of carbonyl (C=O) groups excluding carboxylic acids is 1. The van der Waals surface area contributed by atoms with Crippen LogP contribution in [0.5, 0.6) is 0 Å². The van der Waals surface area contributed by atoms with Crippen molar-refractivity contribution in [3.8, 4) is 0 Å². The fourth-order valence-corrected chi connectivity index (χ4v) is 2.29. The lowest BCUT2D eigenvalue weighted by Crippen LogP contribution is -2.12. The Kier molecular flexibility index (Phi) is 1.91. The quantitative estimate of drug-likeness (QED) is 0.586. The first-order valence-corrected chi connectivity index (χ1v) is 4.70. The highest BCUT2D eigenvalue weighted by Crippen LogP contribution is 2.43. The lowest BCUT2D eigenvalue weighted by Gasteiger charge is -2.11. The monoisotopic (exact) mass is 166 g/mol. The molecule has 2 rings (SSSR count). The summed E-state index contributed by atoms with van der Waals surface area (Å²) in [5.41, 5.74) is 0.952. The van der Waals surface area contributed by atoms with Crippen molar-refractivity contribution in [3.63, 3.8) is 0 Å². The van der Waals surface area contributed by atoms with Crippen LogP contribution in [0.15, 0.2) is 11.6 Å². The standard InChI is InChI=1S/C10H14O2/c1-2-12-10(11)9-6-7-3-4-8(9)5-7/h6-8H,2-5H2,1H3. The van der Waals surface area contributed by atoms with E-state index in [1.807, 2.05) is 6.92 Å². The van der Waals surface area contributed by atoms with Crippen LogP contribution in [-0.2, 0) is 9.53 Å². The highest BCUT2D eigenvalue weighted by atomic mass is 16.5. The van der Waals surface area contributed by atoms with Gasteiger partial charge in [0.25, 0.3) is 0 Å². The smallest absolute Gasteiger partial charge is 0.333 e. The van der Waals surface area contributed by atoms with E-state index >= 15 is 0 Å². The van der Waals surface area contributed by atoms with Gasteiger partial charge < -0.3 is 4.74 Å². The van der Waals surface area contributed by atoms with Crippen molar-refractivity contribution >= 4 is 5.97 Å². The largest absolute Gasteiger partial charge is 0.463 e. The van der Waals surface area contributed by atoms with Gasteiger partial charge in [-0.05, 0) is 38.0 Å². The molecule has 0 saturated heterocycles. The van der Waals surface area contributed by atoms with Crippen molar-refractivity contribution in [2.75, 3.05) is 6.61 Å². The maximum absolute atomic E-state index is 11.3. The molecule has 2 unspecified atom stereocenters. The van der Waals surface area contributed by atoms with E-state index in [0.717, 1.165) is 5.57 Å². The Labute approximate surface area is 72.6 Å². The number of allylic oxidation sites excluding steroid dienone is 1. The molecule has 2 atom stereocenters. The van der Waals surface area contributed by atoms with Crippen LogP contribution < -0.4 is 0 Å². The predicted octanol–water partition coefficient (Wildman–Crippen LogP) is 1.91. The van der Waals surface area contributed by atoms with Crippen molar-refractivity contribution in [2.45, 2.75) is 26.2 Å². The van der Waals surface area contributed by atoms with Crippen LogP contribution in [0.2, 0.25) is 0 Å². The van der Waals surface area contributed by atoms with E-state index in [2.05, 4.69) is 6.08 Å². The summed E-state index contributed by atoms with van der Waals surface area (Å²) in [6.45, 7) is 2.35. The molecule has 2 aliphatic carbocycles. The normalized spacial score (nSPS) is 31.9. The van der Waals surface area contributed by atoms with Crippen LogP contribution in [0.1, 0.15) is 26.2 Å². The average molecular weight is 166 g/mol. The molecule has 66 valence electrons. The minimum Gasteiger partial charge on any atom is -0.463 e. The fourth-order valence-electron chi connectivity index (χ4n) is 2.29. The van der Waals surface area contributed by atoms with E-state index in [-0.39, 0.29) is 5.97 Å². The zero-order valence-corrected chi connectivity index (χ0v) is 7.38. The third kappa shape index (κ3) is 1.15. The second-order valence-electron chi connectivity index (χ2n) is 3.61. The molecule has 0 aromatic rings. The summed E-state index contributed by atoms with van der Waals surface area (Å²) < 4.78 is 4.97. The van der Waals surface area contributed by atoms with Gasteiger partial charge in [-0.25, -0.2) is 4.79 Å². The number of hydrogen-bond donors (Lipinski definition) is 0. The zero-order valence-electron chi connectivity index (χ0n) is 7.38. The van der Waals surface area contributed by atoms with Gasteiger partial charge in [-0.15, -0.1) is 0 Å². The number of fused-ring (bicyclic) bond motifs is 2. The van der Waals surface area contributed by atoms with Crippen molar-refractivity contribution < 1.29 is 9.53 Å². The van der Waals surface area contributed by atoms with Gasteiger partial charge in [0.05, 0.1) is 6.61 Å². The Balaban J connectivity index is 2.05. The molecule has 0 aliphatic heterocycles. The number of esters is 1. The third-order valence-electron chi connectivity index (χ3n) is 2.84. The van der Waals surface area contributed by atoms with E-state index in [4.69, 9.17) is 4.74 Å². The molecule has 2 aliphatic rings. The van der Waals surface area contributed by atoms with Gasteiger partial charge in [-0.2, -0.15) is 0 Å². The van der Waals surface area contributed by atoms with Gasteiger partial charge in [0.1, 0.15) is 0 Å². The Hall–Kier alpha value is -0.790. The number of carbonyl (C=O) groups is 1. The van der Waals surface area contributed by atoms with Gasteiger partial charge >= 0.3 is 5.97 Å². The highest BCUT2D eigenvalue weighted by molar-refractivity contribution is 5.89. The number of hydrogen-bond acceptors (Lipinski definition) is 2. The highest BCUT2D eigenvalue weighted by Gasteiger charge is 2.36. The molecule has 0 radical (unpaired) electrons. The van der Waals surface area contributed by atoms with E-state index in [9.17, 15) is 4.79 Å². The first-order chi connectivity index (χ1) is 5.81. The summed E-state index contributed by atoms with van der Waals surface area (Å²) in [6, 6.07) is 0. The first kappa shape index (κ1) is 7.84. The molecular weight excluding hydrogens is 152 g/mol. The average Bonchev–Trinajstić information content (AvgIpc) is 2.64. The summed E-state index contributed by atoms with van der Waals surface area (Å²) in [5.74, 6) is 1.12. The Bertz CT molecular complexity index is 230. The molecular formula is C10H14O2. The summed E-state index contributed by atoms with van der Waals surface area (Å²) >= 11 is 0. The predicted molar refractivity (Wildman–Crippen MR) is 45.5 cm³/mol. The zero-order chi connectivity index (χ0) is 8.55. The fraction of sp³-hybridized carbons (Fsp3) is 0.700. The van der Waals surface area contributed by atoms with Crippen molar-refractivity contribution in [1.29, 1.82) is 0 Å². The molecule has 0 spiro atoms. The van der Waals surface area contributed by atoms with E-state index in [0.29, 0.717) is 18.4 Å². The van der Waals surface area contributed by atoms with Crippen molar-refractivity contribution in [3.05, 3.63) is 11.6 Å². The number of ether oxygens (including phenoxy) is 1. The number of rotatable bonds is 2. The molecule has 0 aromatic carbocycles. The van der Waals surface area contributed by atoms with Crippen LogP contribution >= 0.6 is 0 Å². The van der Waals surface area contributed by atoms with Gasteiger partial charge in [-0.1, -0.05) is 6.08 Å². The van der Waals surface area contributed by atoms with Gasteiger partial charge in [0, 0.05) is 5.57 Å². The molecule has 0 amide bonds.